The van der Waals surface area contributed by atoms with E-state index in [-0.39, 0.29) is 12.2 Å². The van der Waals surface area contributed by atoms with Crippen LogP contribution in [0.4, 0.5) is 22.0 Å². The van der Waals surface area contributed by atoms with Gasteiger partial charge in [0.1, 0.15) is 17.0 Å². The molecule has 0 saturated heterocycles. The molecule has 1 aromatic carbocycles. The van der Waals surface area contributed by atoms with E-state index in [2.05, 4.69) is 17.0 Å². The van der Waals surface area contributed by atoms with Gasteiger partial charge in [-0.15, -0.1) is 0 Å². The Morgan fingerprint density at radius 2 is 2.00 bits per heavy atom. The number of benzene rings is 1. The van der Waals surface area contributed by atoms with Gasteiger partial charge < -0.3 is 15.2 Å². The standard InChI is InChI=1S/C23H22F5N3O4/c1-4-13(8-6-11-17(32)33)16(5-2)29-21(34)18-19(20(24)25)30-31(3)22(18)35-15-10-7-9-14(12-15)23(26,27)28/h4,6-12,16,20H,1,5H2,2-3H3,(H,29,34)(H,32,33)/b11-6+,13-8+. The molecule has 0 bridgehead atoms. The topological polar surface area (TPSA) is 93.5 Å². The SMILES string of the molecule is C=C/C(=C\C=C\C(=O)O)C(CC)NC(=O)c1c(C(F)F)nn(C)c1Oc1cccc(C(F)(F)F)c1. The highest BCUT2D eigenvalue weighted by Crippen LogP contribution is 2.35. The van der Waals surface area contributed by atoms with Gasteiger partial charge in [-0.2, -0.15) is 18.3 Å². The Bertz CT molecular complexity index is 1150. The van der Waals surface area contributed by atoms with E-state index in [9.17, 15) is 31.5 Å². The van der Waals surface area contributed by atoms with Crippen molar-refractivity contribution in [3.05, 3.63) is 77.5 Å². The molecule has 1 heterocycles. The molecule has 0 aliphatic carbocycles. The fourth-order valence-electron chi connectivity index (χ4n) is 3.08. The third-order valence-corrected chi connectivity index (χ3v) is 4.71. The monoisotopic (exact) mass is 499 g/mol. The van der Waals surface area contributed by atoms with Crippen LogP contribution in [-0.2, 0) is 18.0 Å². The maximum atomic E-state index is 13.7. The second-order valence-corrected chi connectivity index (χ2v) is 7.12. The first-order chi connectivity index (χ1) is 16.4. The lowest BCUT2D eigenvalue weighted by molar-refractivity contribution is -0.137. The molecule has 0 radical (unpaired) electrons. The Hall–Kier alpha value is -3.96. The largest absolute Gasteiger partial charge is 0.478 e. The van der Waals surface area contributed by atoms with Gasteiger partial charge in [-0.05, 0) is 30.2 Å². The zero-order valence-electron chi connectivity index (χ0n) is 18.6. The molecular formula is C23H22F5N3O4. The number of carboxylic acid groups (broad SMARTS) is 1. The van der Waals surface area contributed by atoms with E-state index < -0.39 is 53.2 Å². The highest BCUT2D eigenvalue weighted by atomic mass is 19.4. The molecule has 2 rings (SSSR count). The molecule has 0 fully saturated rings. The summed E-state index contributed by atoms with van der Waals surface area (Å²) in [5, 5.41) is 14.9. The van der Waals surface area contributed by atoms with Crippen molar-refractivity contribution in [3.8, 4) is 11.6 Å². The Kier molecular flexibility index (Phi) is 8.93. The lowest BCUT2D eigenvalue weighted by atomic mass is 10.0. The number of carbonyl (C=O) groups excluding carboxylic acids is 1. The van der Waals surface area contributed by atoms with Gasteiger partial charge in [-0.3, -0.25) is 4.79 Å². The summed E-state index contributed by atoms with van der Waals surface area (Å²) in [6, 6.07) is 2.96. The van der Waals surface area contributed by atoms with Crippen molar-refractivity contribution in [2.45, 2.75) is 32.0 Å². The summed E-state index contributed by atoms with van der Waals surface area (Å²) in [6.07, 6.45) is -2.77. The Labute approximate surface area is 197 Å². The lowest BCUT2D eigenvalue weighted by Gasteiger charge is -2.19. The predicted molar refractivity (Wildman–Crippen MR) is 116 cm³/mol. The van der Waals surface area contributed by atoms with Gasteiger partial charge in [-0.25, -0.2) is 18.3 Å². The number of aromatic nitrogens is 2. The van der Waals surface area contributed by atoms with Crippen LogP contribution in [0, 0.1) is 0 Å². The van der Waals surface area contributed by atoms with Crippen LogP contribution in [0.5, 0.6) is 11.6 Å². The number of halogens is 5. The normalized spacial score (nSPS) is 13.2. The van der Waals surface area contributed by atoms with E-state index in [1.54, 1.807) is 6.92 Å². The van der Waals surface area contributed by atoms with Crippen molar-refractivity contribution in [1.29, 1.82) is 0 Å². The minimum Gasteiger partial charge on any atom is -0.478 e. The molecule has 2 N–H and O–H groups in total. The summed E-state index contributed by atoms with van der Waals surface area (Å²) in [6.45, 7) is 5.29. The highest BCUT2D eigenvalue weighted by Gasteiger charge is 2.33. The average Bonchev–Trinajstić information content (AvgIpc) is 3.11. The summed E-state index contributed by atoms with van der Waals surface area (Å²) >= 11 is 0. The minimum absolute atomic E-state index is 0.276. The number of ether oxygens (including phenoxy) is 1. The van der Waals surface area contributed by atoms with E-state index >= 15 is 0 Å². The van der Waals surface area contributed by atoms with Gasteiger partial charge in [0.2, 0.25) is 5.88 Å². The first-order valence-electron chi connectivity index (χ1n) is 10.1. The van der Waals surface area contributed by atoms with E-state index in [0.29, 0.717) is 11.6 Å². The zero-order chi connectivity index (χ0) is 26.3. The van der Waals surface area contributed by atoms with Gasteiger partial charge in [0.05, 0.1) is 11.6 Å². The van der Waals surface area contributed by atoms with Crippen LogP contribution in [0.2, 0.25) is 0 Å². The molecule has 0 aliphatic heterocycles. The number of aryl methyl sites for hydroxylation is 1. The van der Waals surface area contributed by atoms with E-state index in [1.807, 2.05) is 0 Å². The zero-order valence-corrected chi connectivity index (χ0v) is 18.6. The number of carboxylic acids is 1. The van der Waals surface area contributed by atoms with Crippen LogP contribution < -0.4 is 10.1 Å². The van der Waals surface area contributed by atoms with Crippen LogP contribution in [0.1, 0.15) is 41.4 Å². The number of aliphatic carboxylic acids is 1. The van der Waals surface area contributed by atoms with E-state index in [0.717, 1.165) is 22.9 Å². The van der Waals surface area contributed by atoms with Gasteiger partial charge in [0.15, 0.2) is 0 Å². The number of allylic oxidation sites excluding steroid dienone is 2. The van der Waals surface area contributed by atoms with E-state index in [4.69, 9.17) is 9.84 Å². The smallest absolute Gasteiger partial charge is 0.416 e. The second-order valence-electron chi connectivity index (χ2n) is 7.12. The number of rotatable bonds is 10. The Morgan fingerprint density at radius 3 is 2.54 bits per heavy atom. The predicted octanol–water partition coefficient (Wildman–Crippen LogP) is 5.43. The third-order valence-electron chi connectivity index (χ3n) is 4.71. The van der Waals surface area contributed by atoms with Gasteiger partial charge in [0, 0.05) is 13.1 Å². The Balaban J connectivity index is 2.46. The van der Waals surface area contributed by atoms with Crippen LogP contribution in [-0.4, -0.2) is 32.8 Å². The van der Waals surface area contributed by atoms with Crippen LogP contribution in [0.25, 0.3) is 0 Å². The number of carbonyl (C=O) groups is 2. The van der Waals surface area contributed by atoms with Gasteiger partial charge in [-0.1, -0.05) is 37.8 Å². The number of nitrogens with one attached hydrogen (secondary N) is 1. The van der Waals surface area contributed by atoms with Gasteiger partial charge in [0.25, 0.3) is 12.3 Å². The highest BCUT2D eigenvalue weighted by molar-refractivity contribution is 5.98. The van der Waals surface area contributed by atoms with E-state index in [1.165, 1.54) is 31.3 Å². The number of hydrogen-bond donors (Lipinski definition) is 2. The molecular weight excluding hydrogens is 477 g/mol. The van der Waals surface area contributed by atoms with Crippen molar-refractivity contribution < 1.29 is 41.4 Å². The first-order valence-corrected chi connectivity index (χ1v) is 10.1. The van der Waals surface area contributed by atoms with Crippen molar-refractivity contribution >= 4 is 11.9 Å². The fraction of sp³-hybridized carbons (Fsp3) is 0.261. The summed E-state index contributed by atoms with van der Waals surface area (Å²) in [5.41, 5.74) is -2.21. The molecule has 7 nitrogen and oxygen atoms in total. The Morgan fingerprint density at radius 1 is 1.31 bits per heavy atom. The molecule has 1 unspecified atom stereocenters. The summed E-state index contributed by atoms with van der Waals surface area (Å²) < 4.78 is 72.7. The molecule has 12 heteroatoms. The number of amides is 1. The molecule has 1 amide bonds. The molecule has 0 aliphatic rings. The van der Waals surface area contributed by atoms with Crippen molar-refractivity contribution in [1.82, 2.24) is 15.1 Å². The quantitative estimate of drug-likeness (QED) is 0.258. The molecule has 0 spiro atoms. The van der Waals surface area contributed by atoms with Crippen molar-refractivity contribution in [2.75, 3.05) is 0 Å². The average molecular weight is 499 g/mol. The summed E-state index contributed by atoms with van der Waals surface area (Å²) in [7, 11) is 1.20. The van der Waals surface area contributed by atoms with Crippen molar-refractivity contribution in [3.63, 3.8) is 0 Å². The first kappa shape index (κ1) is 27.3. The minimum atomic E-state index is -4.67. The summed E-state index contributed by atoms with van der Waals surface area (Å²) in [4.78, 5) is 23.7. The third kappa shape index (κ3) is 7.01. The molecule has 188 valence electrons. The van der Waals surface area contributed by atoms with Crippen LogP contribution in [0.3, 0.4) is 0 Å². The molecule has 1 aromatic heterocycles. The maximum Gasteiger partial charge on any atom is 0.416 e. The maximum absolute atomic E-state index is 13.7. The van der Waals surface area contributed by atoms with Gasteiger partial charge >= 0.3 is 12.1 Å². The number of nitrogens with zero attached hydrogens (tertiary/aromatic N) is 2. The van der Waals surface area contributed by atoms with Crippen LogP contribution in [0.15, 0.2) is 60.7 Å². The summed E-state index contributed by atoms with van der Waals surface area (Å²) in [5.74, 6) is -3.04. The lowest BCUT2D eigenvalue weighted by Crippen LogP contribution is -2.36. The second kappa shape index (κ2) is 11.4. The molecule has 0 saturated carbocycles. The molecule has 1 atom stereocenters. The molecule has 35 heavy (non-hydrogen) atoms. The molecule has 2 aromatic rings. The number of alkyl halides is 5. The number of hydrogen-bond acceptors (Lipinski definition) is 4. The van der Waals surface area contributed by atoms with Crippen molar-refractivity contribution in [2.24, 2.45) is 7.05 Å². The fourth-order valence-corrected chi connectivity index (χ4v) is 3.08. The van der Waals surface area contributed by atoms with Crippen LogP contribution >= 0.6 is 0 Å².